The molecule has 19 heavy (non-hydrogen) atoms. The predicted molar refractivity (Wildman–Crippen MR) is 83.5 cm³/mol. The molecule has 1 aromatic carbocycles. The van der Waals surface area contributed by atoms with Crippen molar-refractivity contribution in [3.05, 3.63) is 35.9 Å². The minimum atomic E-state index is 0. The second kappa shape index (κ2) is 7.17. The SMILES string of the molecule is CCC(N(C)C)N1C(=O)CSC1c1ccccc1.Cl. The molecule has 1 heterocycles. The summed E-state index contributed by atoms with van der Waals surface area (Å²) in [5, 5.41) is 0.158. The number of carbonyl (C=O) groups excluding carboxylic acids is 1. The van der Waals surface area contributed by atoms with E-state index in [-0.39, 0.29) is 29.9 Å². The standard InChI is InChI=1S/C14H20N2OS.ClH/c1-4-12(15(2)3)16-13(17)10-18-14(16)11-8-6-5-7-9-11;/h5-9,12,14H,4,10H2,1-3H3;1H. The van der Waals surface area contributed by atoms with Crippen molar-refractivity contribution in [2.75, 3.05) is 19.8 Å². The third-order valence-electron chi connectivity index (χ3n) is 3.27. The molecule has 0 aromatic heterocycles. The summed E-state index contributed by atoms with van der Waals surface area (Å²) < 4.78 is 0. The number of hydrogen-bond acceptors (Lipinski definition) is 3. The Morgan fingerprint density at radius 2 is 2.00 bits per heavy atom. The molecule has 0 aliphatic carbocycles. The first-order chi connectivity index (χ1) is 8.65. The maximum absolute atomic E-state index is 12.1. The number of amides is 1. The molecule has 1 saturated heterocycles. The van der Waals surface area contributed by atoms with Gasteiger partial charge in [-0.15, -0.1) is 24.2 Å². The Kier molecular flexibility index (Phi) is 6.17. The van der Waals surface area contributed by atoms with Gasteiger partial charge in [0.05, 0.1) is 11.9 Å². The lowest BCUT2D eigenvalue weighted by molar-refractivity contribution is -0.133. The van der Waals surface area contributed by atoms with Crippen LogP contribution in [0.4, 0.5) is 0 Å². The maximum atomic E-state index is 12.1. The van der Waals surface area contributed by atoms with Gasteiger partial charge in [0.25, 0.3) is 0 Å². The van der Waals surface area contributed by atoms with Gasteiger partial charge < -0.3 is 4.90 Å². The van der Waals surface area contributed by atoms with Crippen LogP contribution in [0.5, 0.6) is 0 Å². The minimum absolute atomic E-state index is 0. The van der Waals surface area contributed by atoms with Crippen LogP contribution in [-0.4, -0.2) is 41.7 Å². The number of thioether (sulfide) groups is 1. The highest BCUT2D eigenvalue weighted by atomic mass is 35.5. The predicted octanol–water partition coefficient (Wildman–Crippen LogP) is 2.98. The lowest BCUT2D eigenvalue weighted by atomic mass is 10.2. The van der Waals surface area contributed by atoms with Crippen LogP contribution in [0.1, 0.15) is 24.3 Å². The first kappa shape index (κ1) is 16.3. The molecular weight excluding hydrogens is 280 g/mol. The van der Waals surface area contributed by atoms with Crippen molar-refractivity contribution < 1.29 is 4.79 Å². The summed E-state index contributed by atoms with van der Waals surface area (Å²) >= 11 is 1.72. The Bertz CT molecular complexity index is 413. The van der Waals surface area contributed by atoms with Crippen LogP contribution in [0.2, 0.25) is 0 Å². The molecule has 2 rings (SSSR count). The Morgan fingerprint density at radius 1 is 1.37 bits per heavy atom. The minimum Gasteiger partial charge on any atom is -0.310 e. The van der Waals surface area contributed by atoms with E-state index in [9.17, 15) is 4.79 Å². The quantitative estimate of drug-likeness (QED) is 0.854. The van der Waals surface area contributed by atoms with E-state index in [1.165, 1.54) is 5.56 Å². The van der Waals surface area contributed by atoms with Gasteiger partial charge in [0.15, 0.2) is 0 Å². The summed E-state index contributed by atoms with van der Waals surface area (Å²) in [4.78, 5) is 16.3. The number of nitrogens with zero attached hydrogens (tertiary/aromatic N) is 2. The lowest BCUT2D eigenvalue weighted by Crippen LogP contribution is -2.46. The van der Waals surface area contributed by atoms with Gasteiger partial charge >= 0.3 is 0 Å². The molecule has 106 valence electrons. The van der Waals surface area contributed by atoms with Gasteiger partial charge in [-0.2, -0.15) is 0 Å². The van der Waals surface area contributed by atoms with E-state index >= 15 is 0 Å². The highest BCUT2D eigenvalue weighted by Crippen LogP contribution is 2.40. The summed E-state index contributed by atoms with van der Waals surface area (Å²) in [7, 11) is 4.07. The molecule has 0 saturated carbocycles. The topological polar surface area (TPSA) is 23.6 Å². The van der Waals surface area contributed by atoms with Crippen LogP contribution < -0.4 is 0 Å². The van der Waals surface area contributed by atoms with Gasteiger partial charge in [-0.1, -0.05) is 37.3 Å². The average molecular weight is 301 g/mol. The number of carbonyl (C=O) groups is 1. The largest absolute Gasteiger partial charge is 0.310 e. The van der Waals surface area contributed by atoms with Crippen molar-refractivity contribution in [1.82, 2.24) is 9.80 Å². The number of rotatable bonds is 4. The molecule has 0 N–H and O–H groups in total. The normalized spacial score (nSPS) is 20.5. The summed E-state index contributed by atoms with van der Waals surface area (Å²) in [6.45, 7) is 2.13. The van der Waals surface area contributed by atoms with Crippen LogP contribution in [0.25, 0.3) is 0 Å². The molecule has 5 heteroatoms. The maximum Gasteiger partial charge on any atom is 0.235 e. The van der Waals surface area contributed by atoms with E-state index in [1.807, 2.05) is 37.2 Å². The monoisotopic (exact) mass is 300 g/mol. The highest BCUT2D eigenvalue weighted by molar-refractivity contribution is 8.00. The van der Waals surface area contributed by atoms with Crippen LogP contribution in [0, 0.1) is 0 Å². The lowest BCUT2D eigenvalue weighted by Gasteiger charge is -2.36. The van der Waals surface area contributed by atoms with Crippen molar-refractivity contribution in [1.29, 1.82) is 0 Å². The molecular formula is C14H21ClN2OS. The second-order valence-electron chi connectivity index (χ2n) is 4.73. The third kappa shape index (κ3) is 3.44. The van der Waals surface area contributed by atoms with Gasteiger partial charge in [0, 0.05) is 0 Å². The third-order valence-corrected chi connectivity index (χ3v) is 4.50. The van der Waals surface area contributed by atoms with Crippen molar-refractivity contribution >= 4 is 30.1 Å². The zero-order chi connectivity index (χ0) is 13.1. The number of hydrogen-bond donors (Lipinski definition) is 0. The van der Waals surface area contributed by atoms with Gasteiger partial charge in [0.2, 0.25) is 5.91 Å². The molecule has 2 unspecified atom stereocenters. The van der Waals surface area contributed by atoms with Crippen molar-refractivity contribution in [2.45, 2.75) is 24.9 Å². The molecule has 3 nitrogen and oxygen atoms in total. The van der Waals surface area contributed by atoms with Crippen molar-refractivity contribution in [3.63, 3.8) is 0 Å². The van der Waals surface area contributed by atoms with Crippen LogP contribution in [0.3, 0.4) is 0 Å². The molecule has 1 fully saturated rings. The molecule has 2 atom stereocenters. The second-order valence-corrected chi connectivity index (χ2v) is 5.80. The first-order valence-corrected chi connectivity index (χ1v) is 7.34. The Balaban J connectivity index is 0.00000180. The highest BCUT2D eigenvalue weighted by Gasteiger charge is 2.37. The Labute approximate surface area is 125 Å². The average Bonchev–Trinajstić information content (AvgIpc) is 2.74. The van der Waals surface area contributed by atoms with E-state index in [4.69, 9.17) is 0 Å². The molecule has 1 aliphatic rings. The fraction of sp³-hybridized carbons (Fsp3) is 0.500. The summed E-state index contributed by atoms with van der Waals surface area (Å²) in [5.41, 5.74) is 1.22. The number of benzene rings is 1. The number of halogens is 1. The zero-order valence-corrected chi connectivity index (χ0v) is 13.2. The fourth-order valence-electron chi connectivity index (χ4n) is 2.44. The van der Waals surface area contributed by atoms with E-state index in [0.29, 0.717) is 5.75 Å². The van der Waals surface area contributed by atoms with Crippen LogP contribution in [-0.2, 0) is 4.79 Å². The van der Waals surface area contributed by atoms with Crippen molar-refractivity contribution in [3.8, 4) is 0 Å². The Morgan fingerprint density at radius 3 is 2.53 bits per heavy atom. The summed E-state index contributed by atoms with van der Waals surface area (Å²) in [6, 6.07) is 10.3. The summed E-state index contributed by atoms with van der Waals surface area (Å²) in [5.74, 6) is 0.832. The molecule has 0 spiro atoms. The zero-order valence-electron chi connectivity index (χ0n) is 11.6. The smallest absolute Gasteiger partial charge is 0.235 e. The van der Waals surface area contributed by atoms with E-state index < -0.39 is 0 Å². The van der Waals surface area contributed by atoms with Gasteiger partial charge in [-0.3, -0.25) is 9.69 Å². The molecule has 1 aliphatic heterocycles. The Hall–Kier alpha value is -0.710. The van der Waals surface area contributed by atoms with Crippen LogP contribution >= 0.6 is 24.2 Å². The first-order valence-electron chi connectivity index (χ1n) is 6.29. The van der Waals surface area contributed by atoms with Gasteiger partial charge in [-0.05, 0) is 26.1 Å². The molecule has 0 radical (unpaired) electrons. The molecule has 1 amide bonds. The van der Waals surface area contributed by atoms with E-state index in [2.05, 4.69) is 24.0 Å². The van der Waals surface area contributed by atoms with Gasteiger partial charge in [-0.25, -0.2) is 0 Å². The van der Waals surface area contributed by atoms with Crippen molar-refractivity contribution in [2.24, 2.45) is 0 Å². The molecule has 0 bridgehead atoms. The fourth-order valence-corrected chi connectivity index (χ4v) is 3.66. The van der Waals surface area contributed by atoms with Crippen LogP contribution in [0.15, 0.2) is 30.3 Å². The van der Waals surface area contributed by atoms with E-state index in [0.717, 1.165) is 6.42 Å². The molecule has 1 aromatic rings. The summed E-state index contributed by atoms with van der Waals surface area (Å²) in [6.07, 6.45) is 1.13. The van der Waals surface area contributed by atoms with E-state index in [1.54, 1.807) is 11.8 Å². The van der Waals surface area contributed by atoms with Gasteiger partial charge in [0.1, 0.15) is 5.37 Å².